The van der Waals surface area contributed by atoms with E-state index >= 15 is 0 Å². The highest BCUT2D eigenvalue weighted by Crippen LogP contribution is 2.16. The van der Waals surface area contributed by atoms with Crippen LogP contribution in [0.4, 0.5) is 5.69 Å². The molecule has 0 aliphatic heterocycles. The van der Waals surface area contributed by atoms with Crippen LogP contribution < -0.4 is 5.32 Å². The molecule has 0 fully saturated rings. The van der Waals surface area contributed by atoms with Gasteiger partial charge in [0.05, 0.1) is 10.7 Å². The monoisotopic (exact) mass is 327 g/mol. The first-order chi connectivity index (χ1) is 8.56. The SMILES string of the molecule is CC(C(=O)Nc1ccc(Cl)cc1)n1cc(Br)cn1. The summed E-state index contributed by atoms with van der Waals surface area (Å²) in [6, 6.07) is 6.59. The summed E-state index contributed by atoms with van der Waals surface area (Å²) >= 11 is 9.07. The Kier molecular flexibility index (Phi) is 4.04. The summed E-state index contributed by atoms with van der Waals surface area (Å²) in [6.45, 7) is 1.78. The van der Waals surface area contributed by atoms with Crippen molar-refractivity contribution in [2.24, 2.45) is 0 Å². The number of rotatable bonds is 3. The van der Waals surface area contributed by atoms with Gasteiger partial charge in [-0.1, -0.05) is 11.6 Å². The number of nitrogens with zero attached hydrogens (tertiary/aromatic N) is 2. The second-order valence-electron chi connectivity index (χ2n) is 3.81. The molecule has 0 bridgehead atoms. The fraction of sp³-hybridized carbons (Fsp3) is 0.167. The molecule has 18 heavy (non-hydrogen) atoms. The van der Waals surface area contributed by atoms with E-state index in [-0.39, 0.29) is 11.9 Å². The minimum Gasteiger partial charge on any atom is -0.324 e. The summed E-state index contributed by atoms with van der Waals surface area (Å²) in [5, 5.41) is 7.52. The number of benzene rings is 1. The molecule has 1 amide bonds. The van der Waals surface area contributed by atoms with E-state index in [1.165, 1.54) is 0 Å². The average molecular weight is 329 g/mol. The van der Waals surface area contributed by atoms with Gasteiger partial charge in [-0.15, -0.1) is 0 Å². The number of carbonyl (C=O) groups excluding carboxylic acids is 1. The van der Waals surface area contributed by atoms with Crippen molar-refractivity contribution in [3.8, 4) is 0 Å². The lowest BCUT2D eigenvalue weighted by molar-refractivity contribution is -0.119. The lowest BCUT2D eigenvalue weighted by atomic mass is 10.2. The molecular formula is C12H11BrClN3O. The van der Waals surface area contributed by atoms with E-state index < -0.39 is 0 Å². The molecule has 0 saturated heterocycles. The van der Waals surface area contributed by atoms with E-state index in [0.717, 1.165) is 4.47 Å². The molecule has 0 aliphatic carbocycles. The molecule has 1 aromatic carbocycles. The van der Waals surface area contributed by atoms with Gasteiger partial charge in [-0.3, -0.25) is 9.48 Å². The fourth-order valence-electron chi connectivity index (χ4n) is 1.43. The Morgan fingerprint density at radius 3 is 2.67 bits per heavy atom. The van der Waals surface area contributed by atoms with Gasteiger partial charge in [-0.2, -0.15) is 5.10 Å². The molecule has 0 spiro atoms. The van der Waals surface area contributed by atoms with Gasteiger partial charge in [0, 0.05) is 16.9 Å². The summed E-state index contributed by atoms with van der Waals surface area (Å²) in [7, 11) is 0. The molecule has 6 heteroatoms. The molecule has 1 N–H and O–H groups in total. The molecule has 0 aliphatic rings. The highest BCUT2D eigenvalue weighted by Gasteiger charge is 2.15. The van der Waals surface area contributed by atoms with Crippen molar-refractivity contribution < 1.29 is 4.79 Å². The van der Waals surface area contributed by atoms with Gasteiger partial charge in [0.25, 0.3) is 0 Å². The van der Waals surface area contributed by atoms with Crippen LogP contribution in [-0.2, 0) is 4.79 Å². The normalized spacial score (nSPS) is 12.2. The summed E-state index contributed by atoms with van der Waals surface area (Å²) in [5.74, 6) is -0.132. The van der Waals surface area contributed by atoms with Crippen LogP contribution in [0.15, 0.2) is 41.1 Å². The van der Waals surface area contributed by atoms with Crippen molar-refractivity contribution in [3.05, 3.63) is 46.2 Å². The lowest BCUT2D eigenvalue weighted by Gasteiger charge is -2.12. The minimum absolute atomic E-state index is 0.132. The Labute approximate surface area is 118 Å². The van der Waals surface area contributed by atoms with E-state index in [2.05, 4.69) is 26.3 Å². The Morgan fingerprint density at radius 2 is 2.11 bits per heavy atom. The molecule has 2 rings (SSSR count). The maximum atomic E-state index is 12.0. The molecule has 1 unspecified atom stereocenters. The van der Waals surface area contributed by atoms with Crippen molar-refractivity contribution in [3.63, 3.8) is 0 Å². The minimum atomic E-state index is -0.382. The van der Waals surface area contributed by atoms with Crippen LogP contribution in [0.5, 0.6) is 0 Å². The third-order valence-electron chi connectivity index (χ3n) is 2.46. The average Bonchev–Trinajstić information content (AvgIpc) is 2.78. The van der Waals surface area contributed by atoms with E-state index in [1.807, 2.05) is 0 Å². The predicted molar refractivity (Wildman–Crippen MR) is 74.7 cm³/mol. The Bertz CT molecular complexity index is 553. The second-order valence-corrected chi connectivity index (χ2v) is 5.16. The Balaban J connectivity index is 2.05. The first-order valence-corrected chi connectivity index (χ1v) is 6.49. The van der Waals surface area contributed by atoms with Gasteiger partial charge in [0.2, 0.25) is 5.91 Å². The van der Waals surface area contributed by atoms with Crippen molar-refractivity contribution in [2.45, 2.75) is 13.0 Å². The van der Waals surface area contributed by atoms with Crippen LogP contribution in [-0.4, -0.2) is 15.7 Å². The van der Waals surface area contributed by atoms with E-state index in [4.69, 9.17) is 11.6 Å². The van der Waals surface area contributed by atoms with Crippen LogP contribution in [0.1, 0.15) is 13.0 Å². The number of nitrogens with one attached hydrogen (secondary N) is 1. The highest BCUT2D eigenvalue weighted by molar-refractivity contribution is 9.10. The summed E-state index contributed by atoms with van der Waals surface area (Å²) in [6.07, 6.45) is 3.40. The third kappa shape index (κ3) is 3.11. The van der Waals surface area contributed by atoms with E-state index in [9.17, 15) is 4.79 Å². The Hall–Kier alpha value is -1.33. The van der Waals surface area contributed by atoms with Crippen molar-refractivity contribution in [1.29, 1.82) is 0 Å². The summed E-state index contributed by atoms with van der Waals surface area (Å²) in [5.41, 5.74) is 0.711. The van der Waals surface area contributed by atoms with Crippen LogP contribution in [0, 0.1) is 0 Å². The molecule has 94 valence electrons. The third-order valence-corrected chi connectivity index (χ3v) is 3.12. The number of hydrogen-bond acceptors (Lipinski definition) is 2. The van der Waals surface area contributed by atoms with Crippen molar-refractivity contribution in [2.75, 3.05) is 5.32 Å². The predicted octanol–water partition coefficient (Wildman–Crippen LogP) is 3.50. The molecular weight excluding hydrogens is 318 g/mol. The molecule has 1 heterocycles. The van der Waals surface area contributed by atoms with Crippen LogP contribution >= 0.6 is 27.5 Å². The number of anilines is 1. The zero-order chi connectivity index (χ0) is 13.1. The number of aromatic nitrogens is 2. The fourth-order valence-corrected chi connectivity index (χ4v) is 1.85. The van der Waals surface area contributed by atoms with Gasteiger partial charge in [0.1, 0.15) is 6.04 Å². The zero-order valence-corrected chi connectivity index (χ0v) is 11.9. The van der Waals surface area contributed by atoms with E-state index in [0.29, 0.717) is 10.7 Å². The zero-order valence-electron chi connectivity index (χ0n) is 9.60. The van der Waals surface area contributed by atoms with Crippen LogP contribution in [0.25, 0.3) is 0 Å². The van der Waals surface area contributed by atoms with Crippen molar-refractivity contribution >= 4 is 39.1 Å². The maximum Gasteiger partial charge on any atom is 0.248 e. The lowest BCUT2D eigenvalue weighted by Crippen LogP contribution is -2.23. The summed E-state index contributed by atoms with van der Waals surface area (Å²) < 4.78 is 2.43. The molecule has 4 nitrogen and oxygen atoms in total. The standard InChI is InChI=1S/C12H11BrClN3O/c1-8(17-7-9(13)6-15-17)12(18)16-11-4-2-10(14)3-5-11/h2-8H,1H3,(H,16,18). The van der Waals surface area contributed by atoms with Gasteiger partial charge >= 0.3 is 0 Å². The Morgan fingerprint density at radius 1 is 1.44 bits per heavy atom. The molecule has 0 saturated carbocycles. The quantitative estimate of drug-likeness (QED) is 0.937. The second kappa shape index (κ2) is 5.54. The van der Waals surface area contributed by atoms with Crippen LogP contribution in [0.2, 0.25) is 5.02 Å². The topological polar surface area (TPSA) is 46.9 Å². The first kappa shape index (κ1) is 13.1. The highest BCUT2D eigenvalue weighted by atomic mass is 79.9. The molecule has 1 aromatic heterocycles. The largest absolute Gasteiger partial charge is 0.324 e. The van der Waals surface area contributed by atoms with Gasteiger partial charge in [0.15, 0.2) is 0 Å². The number of hydrogen-bond donors (Lipinski definition) is 1. The summed E-state index contributed by atoms with van der Waals surface area (Å²) in [4.78, 5) is 12.0. The smallest absolute Gasteiger partial charge is 0.248 e. The number of halogens is 2. The number of carbonyl (C=O) groups is 1. The van der Waals surface area contributed by atoms with Crippen LogP contribution in [0.3, 0.4) is 0 Å². The number of amides is 1. The van der Waals surface area contributed by atoms with Gasteiger partial charge in [-0.25, -0.2) is 0 Å². The van der Waals surface area contributed by atoms with Gasteiger partial charge in [-0.05, 0) is 47.1 Å². The van der Waals surface area contributed by atoms with Gasteiger partial charge < -0.3 is 5.32 Å². The first-order valence-electron chi connectivity index (χ1n) is 5.32. The molecule has 2 aromatic rings. The maximum absolute atomic E-state index is 12.0. The molecule has 1 atom stereocenters. The van der Waals surface area contributed by atoms with Crippen molar-refractivity contribution in [1.82, 2.24) is 9.78 Å². The van der Waals surface area contributed by atoms with E-state index in [1.54, 1.807) is 48.3 Å². The molecule has 0 radical (unpaired) electrons.